The first-order valence-corrected chi connectivity index (χ1v) is 21.6. The molecule has 11 rings (SSSR count). The number of nitrogens with zero attached hydrogens (tertiary/aromatic N) is 1. The summed E-state index contributed by atoms with van der Waals surface area (Å²) in [5.41, 5.74) is 18.7. The number of rotatable bonds is 8. The van der Waals surface area contributed by atoms with Crippen molar-refractivity contribution in [1.29, 1.82) is 0 Å². The summed E-state index contributed by atoms with van der Waals surface area (Å²) in [5, 5.41) is 2.63. The lowest BCUT2D eigenvalue weighted by Gasteiger charge is -2.18. The smallest absolute Gasteiger partial charge is 0.0708 e. The molecule has 0 N–H and O–H groups in total. The molecule has 0 amide bonds. The Hall–Kier alpha value is -7.65. The van der Waals surface area contributed by atoms with Crippen molar-refractivity contribution >= 4 is 31.5 Å². The Labute approximate surface area is 360 Å². The quantitative estimate of drug-likeness (QED) is 0.149. The van der Waals surface area contributed by atoms with Crippen LogP contribution in [-0.4, -0.2) is 4.98 Å². The lowest BCUT2D eigenvalue weighted by atomic mass is 9.86. The van der Waals surface area contributed by atoms with Gasteiger partial charge in [0, 0.05) is 31.9 Å². The summed E-state index contributed by atoms with van der Waals surface area (Å²) in [5.74, 6) is 0. The van der Waals surface area contributed by atoms with Crippen molar-refractivity contribution in [1.82, 2.24) is 4.98 Å². The summed E-state index contributed by atoms with van der Waals surface area (Å²) in [6.45, 7) is 0. The van der Waals surface area contributed by atoms with Gasteiger partial charge in [0.15, 0.2) is 0 Å². The normalized spacial score (nSPS) is 11.3. The van der Waals surface area contributed by atoms with Gasteiger partial charge in [0.05, 0.1) is 5.69 Å². The van der Waals surface area contributed by atoms with Gasteiger partial charge in [-0.15, -0.1) is 11.3 Å². The van der Waals surface area contributed by atoms with E-state index in [0.29, 0.717) is 0 Å². The van der Waals surface area contributed by atoms with Crippen LogP contribution >= 0.6 is 11.3 Å². The molecule has 0 atom stereocenters. The number of fused-ring (bicyclic) bond motifs is 3. The van der Waals surface area contributed by atoms with E-state index in [-0.39, 0.29) is 0 Å². The average Bonchev–Trinajstić information content (AvgIpc) is 3.72. The van der Waals surface area contributed by atoms with Gasteiger partial charge in [-0.05, 0) is 120 Å². The van der Waals surface area contributed by atoms with Crippen LogP contribution in [0.1, 0.15) is 0 Å². The molecule has 0 saturated carbocycles. The lowest BCUT2D eigenvalue weighted by Crippen LogP contribution is -1.92. The van der Waals surface area contributed by atoms with E-state index < -0.39 is 0 Å². The molecule has 0 aliphatic carbocycles. The van der Waals surface area contributed by atoms with Gasteiger partial charge in [-0.1, -0.05) is 188 Å². The predicted molar refractivity (Wildman–Crippen MR) is 261 cm³/mol. The van der Waals surface area contributed by atoms with Gasteiger partial charge in [-0.2, -0.15) is 0 Å². The van der Waals surface area contributed by atoms with Crippen molar-refractivity contribution in [2.75, 3.05) is 0 Å². The van der Waals surface area contributed by atoms with E-state index in [1.807, 2.05) is 17.5 Å². The first-order valence-electron chi connectivity index (χ1n) is 20.8. The van der Waals surface area contributed by atoms with E-state index in [2.05, 4.69) is 231 Å². The molecule has 0 bridgehead atoms. The molecule has 1 nitrogen and oxygen atoms in total. The van der Waals surface area contributed by atoms with Crippen LogP contribution in [0.2, 0.25) is 0 Å². The Morgan fingerprint density at radius 2 is 0.639 bits per heavy atom. The van der Waals surface area contributed by atoms with Crippen LogP contribution in [0.15, 0.2) is 237 Å². The molecule has 2 heteroatoms. The van der Waals surface area contributed by atoms with Crippen molar-refractivity contribution in [3.8, 4) is 89.1 Å². The fourth-order valence-electron chi connectivity index (χ4n) is 8.78. The minimum atomic E-state index is 0.959. The highest BCUT2D eigenvalue weighted by molar-refractivity contribution is 7.25. The second-order valence-electron chi connectivity index (χ2n) is 15.5. The number of hydrogen-bond acceptors (Lipinski definition) is 2. The third kappa shape index (κ3) is 7.03. The third-order valence-electron chi connectivity index (χ3n) is 11.8. The number of thiophene rings is 1. The molecular weight excluding hydrogens is 755 g/mol. The second-order valence-corrected chi connectivity index (χ2v) is 16.6. The zero-order valence-corrected chi connectivity index (χ0v) is 34.2. The van der Waals surface area contributed by atoms with E-state index in [9.17, 15) is 0 Å². The summed E-state index contributed by atoms with van der Waals surface area (Å²) < 4.78 is 2.63. The number of benzene rings is 9. The molecule has 0 fully saturated rings. The summed E-state index contributed by atoms with van der Waals surface area (Å²) in [4.78, 5) is 4.84. The first kappa shape index (κ1) is 36.4. The molecule has 0 aliphatic heterocycles. The summed E-state index contributed by atoms with van der Waals surface area (Å²) in [7, 11) is 0. The fourth-order valence-corrected chi connectivity index (χ4v) is 9.93. The lowest BCUT2D eigenvalue weighted by molar-refractivity contribution is 1.33. The molecule has 0 radical (unpaired) electrons. The molecule has 2 aromatic heterocycles. The van der Waals surface area contributed by atoms with Gasteiger partial charge in [0.2, 0.25) is 0 Å². The van der Waals surface area contributed by atoms with E-state index in [0.717, 1.165) is 22.4 Å². The van der Waals surface area contributed by atoms with Crippen LogP contribution < -0.4 is 0 Å². The van der Waals surface area contributed by atoms with Crippen molar-refractivity contribution in [3.63, 3.8) is 0 Å². The topological polar surface area (TPSA) is 12.9 Å². The van der Waals surface area contributed by atoms with Crippen molar-refractivity contribution in [3.05, 3.63) is 237 Å². The highest BCUT2D eigenvalue weighted by atomic mass is 32.1. The summed E-state index contributed by atoms with van der Waals surface area (Å²) >= 11 is 1.85. The highest BCUT2D eigenvalue weighted by Gasteiger charge is 2.16. The van der Waals surface area contributed by atoms with Crippen LogP contribution in [0.25, 0.3) is 109 Å². The van der Waals surface area contributed by atoms with Gasteiger partial charge in [0.25, 0.3) is 0 Å². The predicted octanol–water partition coefficient (Wildman–Crippen LogP) is 16.8. The number of pyridine rings is 1. The summed E-state index contributed by atoms with van der Waals surface area (Å²) in [6.07, 6.45) is 1.93. The van der Waals surface area contributed by atoms with Gasteiger partial charge in [-0.3, -0.25) is 4.98 Å². The van der Waals surface area contributed by atoms with Gasteiger partial charge in [0.1, 0.15) is 0 Å². The molecule has 0 aliphatic rings. The van der Waals surface area contributed by atoms with Gasteiger partial charge in [-0.25, -0.2) is 0 Å². The molecular formula is C59H39NS. The van der Waals surface area contributed by atoms with Crippen molar-refractivity contribution in [2.45, 2.75) is 0 Å². The van der Waals surface area contributed by atoms with Crippen LogP contribution in [0.3, 0.4) is 0 Å². The highest BCUT2D eigenvalue weighted by Crippen LogP contribution is 2.43. The molecule has 2 heterocycles. The Kier molecular flexibility index (Phi) is 9.46. The molecule has 11 aromatic rings. The Morgan fingerprint density at radius 3 is 1.18 bits per heavy atom. The number of aromatic nitrogens is 1. The molecule has 0 unspecified atom stereocenters. The minimum Gasteiger partial charge on any atom is -0.256 e. The second kappa shape index (κ2) is 15.8. The molecule has 286 valence electrons. The van der Waals surface area contributed by atoms with Crippen LogP contribution in [0.5, 0.6) is 0 Å². The maximum Gasteiger partial charge on any atom is 0.0708 e. The van der Waals surface area contributed by atoms with Gasteiger partial charge < -0.3 is 0 Å². The van der Waals surface area contributed by atoms with Crippen LogP contribution in [0.4, 0.5) is 0 Å². The minimum absolute atomic E-state index is 0.959. The SMILES string of the molecule is c1ccc(-c2ccccc2-c2cc(-c3ccccc3-c3ccccc3)cc(-c3ccccc3-c3ccc(-c4cc(-c5ccc6c(c5)sc5ccccc56)ccn4)cc3)c2)cc1. The zero-order chi connectivity index (χ0) is 40.5. The Balaban J connectivity index is 0.995. The average molecular weight is 794 g/mol. The zero-order valence-electron chi connectivity index (χ0n) is 33.4. The Bertz CT molecular complexity index is 3240. The third-order valence-corrected chi connectivity index (χ3v) is 12.9. The Morgan fingerprint density at radius 1 is 0.246 bits per heavy atom. The molecule has 9 aromatic carbocycles. The number of hydrogen-bond donors (Lipinski definition) is 0. The van der Waals surface area contributed by atoms with E-state index in [4.69, 9.17) is 4.98 Å². The first-order chi connectivity index (χ1) is 30.2. The standard InChI is InChI=1S/C59H39NS/c1-3-15-40(16-4-1)49-19-7-10-22-52(49)46-35-47(53-23-11-8-20-50(53)41-17-5-2-6-18-41)37-48(36-46)54-24-12-9-21-51(54)42-27-29-43(30-28-42)57-38-45(33-34-60-57)44-31-32-56-55-25-13-14-26-58(55)61-59(56)39-44/h1-39H. The maximum absolute atomic E-state index is 4.84. The van der Waals surface area contributed by atoms with E-state index >= 15 is 0 Å². The fraction of sp³-hybridized carbons (Fsp3) is 0. The largest absolute Gasteiger partial charge is 0.256 e. The van der Waals surface area contributed by atoms with Crippen LogP contribution in [0, 0.1) is 0 Å². The molecule has 0 saturated heterocycles. The summed E-state index contributed by atoms with van der Waals surface area (Å²) in [6, 6.07) is 83.6. The maximum atomic E-state index is 4.84. The molecule has 0 spiro atoms. The molecule has 61 heavy (non-hydrogen) atoms. The van der Waals surface area contributed by atoms with E-state index in [1.54, 1.807) is 0 Å². The van der Waals surface area contributed by atoms with Crippen molar-refractivity contribution < 1.29 is 0 Å². The van der Waals surface area contributed by atoms with Crippen LogP contribution in [-0.2, 0) is 0 Å². The monoisotopic (exact) mass is 793 g/mol. The van der Waals surface area contributed by atoms with Crippen molar-refractivity contribution in [2.24, 2.45) is 0 Å². The van der Waals surface area contributed by atoms with Gasteiger partial charge >= 0.3 is 0 Å². The van der Waals surface area contributed by atoms with E-state index in [1.165, 1.54) is 86.9 Å².